The quantitative estimate of drug-likeness (QED) is 0.699. The van der Waals surface area contributed by atoms with Crippen molar-refractivity contribution in [2.75, 3.05) is 0 Å². The highest BCUT2D eigenvalue weighted by Gasteiger charge is 2.14. The molecule has 0 aromatic heterocycles. The summed E-state index contributed by atoms with van der Waals surface area (Å²) in [7, 11) is 0. The normalized spacial score (nSPS) is 11.1. The molecule has 0 spiro atoms. The van der Waals surface area contributed by atoms with Crippen LogP contribution in [0.25, 0.3) is 0 Å². The van der Waals surface area contributed by atoms with E-state index >= 15 is 0 Å². The Hall–Kier alpha value is -0.700. The van der Waals surface area contributed by atoms with Crippen LogP contribution in [0.4, 0.5) is 0 Å². The number of carbonyl (C=O) groups is 2. The van der Waals surface area contributed by atoms with Crippen molar-refractivity contribution >= 4 is 12.6 Å². The lowest BCUT2D eigenvalue weighted by Gasteiger charge is -2.13. The third kappa shape index (κ3) is 20.7. The molecule has 0 aromatic rings. The smallest absolute Gasteiger partial charge is 0.125 e. The zero-order valence-corrected chi connectivity index (χ0v) is 10.1. The van der Waals surface area contributed by atoms with Gasteiger partial charge in [-0.3, -0.25) is 0 Å². The largest absolute Gasteiger partial charge is 0.392 e. The summed E-state index contributed by atoms with van der Waals surface area (Å²) < 4.78 is 0. The van der Waals surface area contributed by atoms with E-state index in [1.165, 1.54) is 0 Å². The van der Waals surface area contributed by atoms with Gasteiger partial charge in [-0.15, -0.1) is 0 Å². The first kappa shape index (κ1) is 30.4. The topological polar surface area (TPSA) is 54.4 Å². The number of aldehydes is 2. The van der Waals surface area contributed by atoms with Crippen LogP contribution < -0.4 is 0 Å². The number of aliphatic hydroxyl groups excluding tert-OH is 1. The fourth-order valence-corrected chi connectivity index (χ4v) is 1.09. The lowest BCUT2D eigenvalue weighted by Crippen LogP contribution is -2.20. The van der Waals surface area contributed by atoms with E-state index in [1.54, 1.807) is 0 Å². The summed E-state index contributed by atoms with van der Waals surface area (Å²) in [6.07, 6.45) is 5.45. The van der Waals surface area contributed by atoms with E-state index in [0.717, 1.165) is 38.3 Å². The third-order valence-electron chi connectivity index (χ3n) is 2.13. The van der Waals surface area contributed by atoms with E-state index in [1.807, 2.05) is 20.8 Å². The average Bonchev–Trinajstić information content (AvgIpc) is 2.22. The van der Waals surface area contributed by atoms with Crippen LogP contribution in [-0.4, -0.2) is 23.8 Å². The molecular formula is C15H36O3. The van der Waals surface area contributed by atoms with Crippen molar-refractivity contribution in [1.29, 1.82) is 0 Å². The lowest BCUT2D eigenvalue weighted by atomic mass is 9.98. The van der Waals surface area contributed by atoms with Gasteiger partial charge in [0.1, 0.15) is 12.6 Å². The molecule has 3 nitrogen and oxygen atoms in total. The summed E-state index contributed by atoms with van der Waals surface area (Å²) in [5.41, 5.74) is 0. The highest BCUT2D eigenvalue weighted by atomic mass is 16.3. The Morgan fingerprint density at radius 3 is 1.67 bits per heavy atom. The van der Waals surface area contributed by atoms with Crippen LogP contribution in [0.1, 0.15) is 75.2 Å². The number of rotatable bonds is 7. The molecular weight excluding hydrogens is 228 g/mol. The molecule has 0 aliphatic rings. The second-order valence-electron chi connectivity index (χ2n) is 3.52. The Morgan fingerprint density at radius 1 is 1.00 bits per heavy atom. The van der Waals surface area contributed by atoms with Gasteiger partial charge in [-0.1, -0.05) is 49.5 Å². The molecule has 0 aromatic carbocycles. The van der Waals surface area contributed by atoms with Crippen LogP contribution in [0.5, 0.6) is 0 Å². The second kappa shape index (κ2) is 25.2. The molecule has 0 fully saturated rings. The van der Waals surface area contributed by atoms with Gasteiger partial charge in [0.25, 0.3) is 0 Å². The van der Waals surface area contributed by atoms with Crippen LogP contribution in [0, 0.1) is 5.92 Å². The summed E-state index contributed by atoms with van der Waals surface area (Å²) in [5, 5.41) is 9.28. The first-order chi connectivity index (χ1) is 7.17. The van der Waals surface area contributed by atoms with Gasteiger partial charge in [-0.05, 0) is 19.3 Å². The van der Waals surface area contributed by atoms with Crippen LogP contribution in [0.2, 0.25) is 0 Å². The molecule has 0 rings (SSSR count). The van der Waals surface area contributed by atoms with Crippen molar-refractivity contribution in [1.82, 2.24) is 0 Å². The van der Waals surface area contributed by atoms with Gasteiger partial charge in [0.15, 0.2) is 0 Å². The Bertz CT molecular complexity index is 147. The molecule has 0 radical (unpaired) electrons. The Morgan fingerprint density at radius 2 is 1.50 bits per heavy atom. The van der Waals surface area contributed by atoms with E-state index < -0.39 is 6.10 Å². The predicted octanol–water partition coefficient (Wildman–Crippen LogP) is 4.27. The summed E-state index contributed by atoms with van der Waals surface area (Å²) in [5.74, 6) is -0.153. The molecule has 0 aliphatic heterocycles. The maximum Gasteiger partial charge on any atom is 0.125 e. The molecule has 0 amide bonds. The molecule has 3 heteroatoms. The number of hydrogen-bond acceptors (Lipinski definition) is 3. The van der Waals surface area contributed by atoms with Crippen molar-refractivity contribution < 1.29 is 14.7 Å². The fraction of sp³-hybridized carbons (Fsp3) is 0.867. The van der Waals surface area contributed by atoms with E-state index in [2.05, 4.69) is 0 Å². The number of aliphatic hydroxyl groups is 1. The molecule has 0 aliphatic carbocycles. The van der Waals surface area contributed by atoms with Crippen molar-refractivity contribution in [3.05, 3.63) is 0 Å². The predicted molar refractivity (Wildman–Crippen MR) is 81.9 cm³/mol. The van der Waals surface area contributed by atoms with Gasteiger partial charge in [0.2, 0.25) is 0 Å². The molecule has 2 unspecified atom stereocenters. The van der Waals surface area contributed by atoms with Crippen molar-refractivity contribution in [2.24, 2.45) is 5.92 Å². The average molecular weight is 264 g/mol. The Balaban J connectivity index is -0.0000000621. The number of unbranched alkanes of at least 4 members (excludes halogenated alkanes) is 1. The molecule has 114 valence electrons. The summed E-state index contributed by atoms with van der Waals surface area (Å²) in [4.78, 5) is 19.7. The lowest BCUT2D eigenvalue weighted by molar-refractivity contribution is -0.114. The SMILES string of the molecule is C.C.C.CCCC(O)C(C=O)CC.CCCC=O. The van der Waals surface area contributed by atoms with Crippen LogP contribution in [0.15, 0.2) is 0 Å². The monoisotopic (exact) mass is 264 g/mol. The van der Waals surface area contributed by atoms with E-state index in [-0.39, 0.29) is 28.2 Å². The van der Waals surface area contributed by atoms with Crippen molar-refractivity contribution in [2.45, 2.75) is 81.3 Å². The zero-order chi connectivity index (χ0) is 12.1. The van der Waals surface area contributed by atoms with Crippen LogP contribution >= 0.6 is 0 Å². The number of hydrogen-bond donors (Lipinski definition) is 1. The summed E-state index contributed by atoms with van der Waals surface area (Å²) in [6, 6.07) is 0. The van der Waals surface area contributed by atoms with Gasteiger partial charge in [-0.25, -0.2) is 0 Å². The zero-order valence-electron chi connectivity index (χ0n) is 10.1. The minimum Gasteiger partial charge on any atom is -0.392 e. The molecule has 0 heterocycles. The Kier molecular flexibility index (Phi) is 42.6. The van der Waals surface area contributed by atoms with Crippen molar-refractivity contribution in [3.63, 3.8) is 0 Å². The highest BCUT2D eigenvalue weighted by Crippen LogP contribution is 2.10. The first-order valence-electron chi connectivity index (χ1n) is 5.74. The minimum absolute atomic E-state index is 0. The van der Waals surface area contributed by atoms with Gasteiger partial charge in [0.05, 0.1) is 6.10 Å². The standard InChI is InChI=1S/C8H16O2.C4H8O.3CH4/c1-3-5-8(10)7(4-2)6-9;1-2-3-4-5;;;/h6-8,10H,3-5H2,1-2H3;4H,2-3H2,1H3;3*1H4. The molecule has 18 heavy (non-hydrogen) atoms. The van der Waals surface area contributed by atoms with Gasteiger partial charge < -0.3 is 14.7 Å². The maximum absolute atomic E-state index is 10.3. The van der Waals surface area contributed by atoms with Crippen LogP contribution in [-0.2, 0) is 9.59 Å². The highest BCUT2D eigenvalue weighted by molar-refractivity contribution is 5.54. The summed E-state index contributed by atoms with van der Waals surface area (Å²) in [6.45, 7) is 5.90. The van der Waals surface area contributed by atoms with Crippen molar-refractivity contribution in [3.8, 4) is 0 Å². The number of carbonyl (C=O) groups excluding carboxylic acids is 2. The van der Waals surface area contributed by atoms with Crippen LogP contribution in [0.3, 0.4) is 0 Å². The van der Waals surface area contributed by atoms with Gasteiger partial charge in [-0.2, -0.15) is 0 Å². The first-order valence-corrected chi connectivity index (χ1v) is 5.74. The molecule has 1 N–H and O–H groups in total. The molecule has 0 saturated heterocycles. The second-order valence-corrected chi connectivity index (χ2v) is 3.52. The molecule has 0 bridgehead atoms. The van der Waals surface area contributed by atoms with Gasteiger partial charge in [0, 0.05) is 12.3 Å². The van der Waals surface area contributed by atoms with E-state index in [0.29, 0.717) is 6.42 Å². The Labute approximate surface area is 115 Å². The minimum atomic E-state index is -0.424. The fourth-order valence-electron chi connectivity index (χ4n) is 1.09. The molecule has 0 saturated carbocycles. The van der Waals surface area contributed by atoms with E-state index in [9.17, 15) is 14.7 Å². The summed E-state index contributed by atoms with van der Waals surface area (Å²) >= 11 is 0. The molecule has 2 atom stereocenters. The van der Waals surface area contributed by atoms with Gasteiger partial charge >= 0.3 is 0 Å². The van der Waals surface area contributed by atoms with E-state index in [4.69, 9.17) is 0 Å². The maximum atomic E-state index is 10.3. The third-order valence-corrected chi connectivity index (χ3v) is 2.13.